The normalized spacial score (nSPS) is 17.2. The Morgan fingerprint density at radius 3 is 2.42 bits per heavy atom. The maximum absolute atomic E-state index is 13.4. The van der Waals surface area contributed by atoms with Crippen LogP contribution in [0.5, 0.6) is 0 Å². The molecule has 9 nitrogen and oxygen atoms in total. The zero-order valence-electron chi connectivity index (χ0n) is 18.0. The van der Waals surface area contributed by atoms with Crippen LogP contribution in [-0.2, 0) is 20.9 Å². The molecule has 0 radical (unpaired) electrons. The molecule has 2 heterocycles. The van der Waals surface area contributed by atoms with Crippen LogP contribution < -0.4 is 9.62 Å². The average molecular weight is 496 g/mol. The van der Waals surface area contributed by atoms with Crippen LogP contribution in [0.3, 0.4) is 0 Å². The maximum atomic E-state index is 13.4. The van der Waals surface area contributed by atoms with Crippen molar-refractivity contribution in [2.24, 2.45) is 0 Å². The number of carbonyl (C=O) groups excluding carboxylic acids is 1. The van der Waals surface area contributed by atoms with Gasteiger partial charge in [0.25, 0.3) is 5.91 Å². The van der Waals surface area contributed by atoms with E-state index in [0.717, 1.165) is 10.6 Å². The van der Waals surface area contributed by atoms with Gasteiger partial charge in [-0.05, 0) is 42.8 Å². The Bertz CT molecular complexity index is 1420. The third-order valence-electron chi connectivity index (χ3n) is 5.71. The minimum absolute atomic E-state index is 0.0217. The lowest BCUT2D eigenvalue weighted by molar-refractivity contribution is 0.0964. The molecule has 0 fully saturated rings. The number of nitrogens with one attached hydrogen (secondary N) is 1. The van der Waals surface area contributed by atoms with Gasteiger partial charge in [0, 0.05) is 43.2 Å². The number of amides is 1. The van der Waals surface area contributed by atoms with E-state index in [4.69, 9.17) is 4.42 Å². The largest absolute Gasteiger partial charge is 0.455 e. The summed E-state index contributed by atoms with van der Waals surface area (Å²) >= 11 is 0. The van der Waals surface area contributed by atoms with Crippen molar-refractivity contribution >= 4 is 43.5 Å². The molecule has 3 aromatic rings. The molecule has 12 heteroatoms. The number of furan rings is 1. The summed E-state index contributed by atoms with van der Waals surface area (Å²) in [6.07, 6.45) is 1.04. The summed E-state index contributed by atoms with van der Waals surface area (Å²) in [5.74, 6) is -0.719. The van der Waals surface area contributed by atoms with Gasteiger partial charge in [0.15, 0.2) is 0 Å². The lowest BCUT2D eigenvalue weighted by Gasteiger charge is -2.22. The number of benzene rings is 2. The van der Waals surface area contributed by atoms with Gasteiger partial charge in [0.1, 0.15) is 17.2 Å². The fourth-order valence-electron chi connectivity index (χ4n) is 4.09. The molecular formula is C21H22FN3O6S2. The Morgan fingerprint density at radius 2 is 1.85 bits per heavy atom. The molecule has 0 saturated heterocycles. The molecule has 176 valence electrons. The first-order valence-corrected chi connectivity index (χ1v) is 13.0. The number of thiol groups is 1. The zero-order chi connectivity index (χ0) is 24.1. The lowest BCUT2D eigenvalue weighted by Crippen LogP contribution is -2.35. The topological polar surface area (TPSA) is 117 Å². The third kappa shape index (κ3) is 4.09. The molecule has 1 atom stereocenters. The van der Waals surface area contributed by atoms with Gasteiger partial charge in [-0.25, -0.2) is 21.2 Å². The van der Waals surface area contributed by atoms with Crippen LogP contribution in [0.2, 0.25) is 0 Å². The van der Waals surface area contributed by atoms with Gasteiger partial charge in [-0.3, -0.25) is 9.10 Å². The summed E-state index contributed by atoms with van der Waals surface area (Å²) in [7, 11) is -5.26. The predicted octanol–water partition coefficient (Wildman–Crippen LogP) is 2.27. The number of hydrogen-bond acceptors (Lipinski definition) is 6. The molecule has 4 rings (SSSR count). The number of carbonyl (C=O) groups is 1. The van der Waals surface area contributed by atoms with Gasteiger partial charge in [-0.2, -0.15) is 4.31 Å². The molecule has 1 aromatic heterocycles. The Morgan fingerprint density at radius 1 is 1.18 bits per heavy atom. The van der Waals surface area contributed by atoms with E-state index in [2.05, 4.69) is 5.32 Å². The van der Waals surface area contributed by atoms with E-state index in [-0.39, 0.29) is 35.7 Å². The number of hydrogen-bond donors (Lipinski definition) is 2. The molecule has 1 aliphatic rings. The van der Waals surface area contributed by atoms with Crippen LogP contribution in [0, 0.1) is 5.82 Å². The van der Waals surface area contributed by atoms with E-state index in [1.54, 1.807) is 13.0 Å². The molecule has 0 spiro atoms. The molecule has 0 saturated carbocycles. The third-order valence-corrected chi connectivity index (χ3v) is 7.85. The number of nitrogens with zero attached hydrogens (tertiary/aromatic N) is 2. The van der Waals surface area contributed by atoms with Crippen molar-refractivity contribution in [2.75, 3.05) is 30.7 Å². The quantitative estimate of drug-likeness (QED) is 0.537. The number of rotatable bonds is 4. The van der Waals surface area contributed by atoms with Crippen LogP contribution in [0.25, 0.3) is 22.3 Å². The van der Waals surface area contributed by atoms with Crippen LogP contribution in [0.1, 0.15) is 28.9 Å². The molecular weight excluding hydrogens is 473 g/mol. The van der Waals surface area contributed by atoms with Crippen molar-refractivity contribution in [1.82, 2.24) is 9.62 Å². The summed E-state index contributed by atoms with van der Waals surface area (Å²) in [6, 6.07) is 7.83. The first kappa shape index (κ1) is 23.2. The highest BCUT2D eigenvalue weighted by molar-refractivity contribution is 7.92. The molecule has 0 aliphatic carbocycles. The Hall–Kier alpha value is -2.96. The van der Waals surface area contributed by atoms with Crippen LogP contribution in [-0.4, -0.2) is 53.4 Å². The van der Waals surface area contributed by atoms with Gasteiger partial charge in [0.2, 0.25) is 20.9 Å². The summed E-state index contributed by atoms with van der Waals surface area (Å²) in [5, 5.41) is 2.94. The smallest absolute Gasteiger partial charge is 0.255 e. The Balaban J connectivity index is 2.06. The summed E-state index contributed by atoms with van der Waals surface area (Å²) in [5.41, 5.74) is 1.58. The van der Waals surface area contributed by atoms with Gasteiger partial charge >= 0.3 is 0 Å². The van der Waals surface area contributed by atoms with E-state index in [1.165, 1.54) is 41.7 Å². The number of fused-ring (bicyclic) bond motifs is 2. The van der Waals surface area contributed by atoms with Gasteiger partial charge in [-0.15, -0.1) is 0 Å². The highest BCUT2D eigenvalue weighted by Crippen LogP contribution is 2.42. The second-order valence-corrected chi connectivity index (χ2v) is 10.6. The van der Waals surface area contributed by atoms with Gasteiger partial charge < -0.3 is 9.73 Å². The van der Waals surface area contributed by atoms with Crippen molar-refractivity contribution in [1.29, 1.82) is 0 Å². The van der Waals surface area contributed by atoms with E-state index in [9.17, 15) is 26.0 Å². The van der Waals surface area contributed by atoms with Crippen molar-refractivity contribution in [3.8, 4) is 11.3 Å². The minimum atomic E-state index is -3.74. The predicted molar refractivity (Wildman–Crippen MR) is 123 cm³/mol. The van der Waals surface area contributed by atoms with E-state index in [0.29, 0.717) is 16.5 Å². The number of sulfonamides is 1. The SMILES string of the molecule is CNC(=O)c1c(-c2ccc(F)cc2)oc2cc3c(cc12)C(C)N([SH](=O)=O)CCN3S(C)(=O)=O. The second-order valence-electron chi connectivity index (χ2n) is 7.71. The monoisotopic (exact) mass is 495 g/mol. The van der Waals surface area contributed by atoms with Crippen LogP contribution in [0.4, 0.5) is 10.1 Å². The first-order valence-electron chi connectivity index (χ1n) is 10.00. The highest BCUT2D eigenvalue weighted by Gasteiger charge is 2.33. The molecule has 2 aromatic carbocycles. The fraction of sp³-hybridized carbons (Fsp3) is 0.286. The maximum Gasteiger partial charge on any atom is 0.255 e. The van der Waals surface area contributed by atoms with Crippen molar-refractivity contribution in [3.63, 3.8) is 0 Å². The van der Waals surface area contributed by atoms with E-state index in [1.807, 2.05) is 0 Å². The van der Waals surface area contributed by atoms with Crippen molar-refractivity contribution in [2.45, 2.75) is 13.0 Å². The Labute approximate surface area is 191 Å². The highest BCUT2D eigenvalue weighted by atomic mass is 32.2. The second kappa shape index (κ2) is 8.43. The van der Waals surface area contributed by atoms with Crippen molar-refractivity contribution < 1.29 is 30.4 Å². The summed E-state index contributed by atoms with van der Waals surface area (Å²) in [6.45, 7) is 1.56. The van der Waals surface area contributed by atoms with Crippen LogP contribution >= 0.6 is 0 Å². The standard InChI is InChI=1S/C21H22FN3O6S2/c1-12-15-10-16-18(11-17(15)25(33(3,29)30)9-8-24(12)32(27)28)31-20(19(16)21(26)23-2)13-4-6-14(22)7-5-13/h4-7,10-12,32H,8-9H2,1-3H3,(H,23,26). The number of halogens is 1. The summed E-state index contributed by atoms with van der Waals surface area (Å²) < 4.78 is 70.5. The molecule has 1 aliphatic heterocycles. The first-order chi connectivity index (χ1) is 15.5. The fourth-order valence-corrected chi connectivity index (χ4v) is 5.68. The molecule has 1 amide bonds. The average Bonchev–Trinajstić information content (AvgIpc) is 3.05. The van der Waals surface area contributed by atoms with Gasteiger partial charge in [-0.1, -0.05) is 0 Å². The van der Waals surface area contributed by atoms with E-state index < -0.39 is 38.7 Å². The minimum Gasteiger partial charge on any atom is -0.455 e. The number of anilines is 1. The van der Waals surface area contributed by atoms with Crippen LogP contribution in [0.15, 0.2) is 40.8 Å². The summed E-state index contributed by atoms with van der Waals surface area (Å²) in [4.78, 5) is 12.8. The molecule has 33 heavy (non-hydrogen) atoms. The Kier molecular flexibility index (Phi) is 5.93. The van der Waals surface area contributed by atoms with E-state index >= 15 is 0 Å². The molecule has 1 unspecified atom stereocenters. The lowest BCUT2D eigenvalue weighted by atomic mass is 9.99. The van der Waals surface area contributed by atoms with Crippen molar-refractivity contribution in [3.05, 3.63) is 53.3 Å². The zero-order valence-corrected chi connectivity index (χ0v) is 19.7. The van der Waals surface area contributed by atoms with Gasteiger partial charge in [0.05, 0.1) is 17.5 Å². The molecule has 0 bridgehead atoms. The molecule has 1 N–H and O–H groups in total.